The molecule has 2 aromatic carbocycles. The first kappa shape index (κ1) is 25.4. The molecule has 1 saturated heterocycles. The highest BCUT2D eigenvalue weighted by Gasteiger charge is 2.34. The van der Waals surface area contributed by atoms with Crippen LogP contribution in [0.2, 0.25) is 0 Å². The quantitative estimate of drug-likeness (QED) is 0.233. The normalized spacial score (nSPS) is 14.8. The Balaban J connectivity index is 1.97. The SMILES string of the molecule is CCOc1cc(/C=C2\C(=O)NC(=S)N(c3ccc(CC)cc3)C2=O)cc(Br)c1OCC(=O)OC. The van der Waals surface area contributed by atoms with Crippen LogP contribution in [-0.4, -0.2) is 43.2 Å². The lowest BCUT2D eigenvalue weighted by Crippen LogP contribution is -2.54. The molecule has 3 rings (SSSR count). The Morgan fingerprint density at radius 3 is 2.47 bits per heavy atom. The monoisotopic (exact) mass is 546 g/mol. The molecule has 0 saturated carbocycles. The van der Waals surface area contributed by atoms with E-state index in [9.17, 15) is 14.4 Å². The van der Waals surface area contributed by atoms with Gasteiger partial charge in [0.05, 0.1) is 23.9 Å². The molecule has 2 aromatic rings. The third kappa shape index (κ3) is 5.63. The first-order chi connectivity index (χ1) is 16.3. The number of amides is 2. The van der Waals surface area contributed by atoms with E-state index in [1.807, 2.05) is 19.1 Å². The fraction of sp³-hybridized carbons (Fsp3) is 0.250. The van der Waals surface area contributed by atoms with E-state index in [1.54, 1.807) is 31.2 Å². The number of nitrogens with one attached hydrogen (secondary N) is 1. The summed E-state index contributed by atoms with van der Waals surface area (Å²) in [5.41, 5.74) is 2.08. The van der Waals surface area contributed by atoms with Crippen LogP contribution in [0.4, 0.5) is 5.69 Å². The number of carbonyl (C=O) groups is 3. The molecular formula is C24H23BrN2O6S. The lowest BCUT2D eigenvalue weighted by molar-refractivity contribution is -0.143. The van der Waals surface area contributed by atoms with Gasteiger partial charge in [-0.25, -0.2) is 4.79 Å². The van der Waals surface area contributed by atoms with Crippen LogP contribution in [0.1, 0.15) is 25.0 Å². The molecule has 0 radical (unpaired) electrons. The standard InChI is InChI=1S/C24H23BrN2O6S/c1-4-14-6-8-16(9-7-14)27-23(30)17(22(29)26-24(27)34)10-15-11-18(25)21(19(12-15)32-5-2)33-13-20(28)31-3/h6-12H,4-5,13H2,1-3H3,(H,26,29,34)/b17-10+. The Labute approximate surface area is 211 Å². The minimum Gasteiger partial charge on any atom is -0.490 e. The van der Waals surface area contributed by atoms with Crippen molar-refractivity contribution in [3.05, 3.63) is 57.6 Å². The van der Waals surface area contributed by atoms with Crippen molar-refractivity contribution in [1.82, 2.24) is 5.32 Å². The molecule has 1 heterocycles. The minimum absolute atomic E-state index is 0.0131. The van der Waals surface area contributed by atoms with E-state index in [1.165, 1.54) is 18.1 Å². The highest BCUT2D eigenvalue weighted by atomic mass is 79.9. The smallest absolute Gasteiger partial charge is 0.343 e. The molecule has 1 aliphatic rings. The van der Waals surface area contributed by atoms with Gasteiger partial charge in [0, 0.05) is 0 Å². The summed E-state index contributed by atoms with van der Waals surface area (Å²) in [5.74, 6) is -1.06. The number of halogens is 1. The van der Waals surface area contributed by atoms with Crippen molar-refractivity contribution in [3.63, 3.8) is 0 Å². The van der Waals surface area contributed by atoms with Crippen molar-refractivity contribution < 1.29 is 28.6 Å². The average molecular weight is 547 g/mol. The van der Waals surface area contributed by atoms with Crippen molar-refractivity contribution in [2.45, 2.75) is 20.3 Å². The van der Waals surface area contributed by atoms with Gasteiger partial charge >= 0.3 is 5.97 Å². The molecule has 0 bridgehead atoms. The van der Waals surface area contributed by atoms with Gasteiger partial charge in [-0.15, -0.1) is 0 Å². The molecule has 1 fully saturated rings. The van der Waals surface area contributed by atoms with E-state index >= 15 is 0 Å². The molecule has 0 aromatic heterocycles. The fourth-order valence-electron chi connectivity index (χ4n) is 3.20. The van der Waals surface area contributed by atoms with Crippen molar-refractivity contribution in [3.8, 4) is 11.5 Å². The summed E-state index contributed by atoms with van der Waals surface area (Å²) in [7, 11) is 1.26. The van der Waals surface area contributed by atoms with Crippen molar-refractivity contribution >= 4 is 62.8 Å². The van der Waals surface area contributed by atoms with Gasteiger partial charge in [-0.2, -0.15) is 0 Å². The second kappa shape index (κ2) is 11.3. The van der Waals surface area contributed by atoms with Crippen molar-refractivity contribution in [2.75, 3.05) is 25.2 Å². The predicted molar refractivity (Wildman–Crippen MR) is 135 cm³/mol. The lowest BCUT2D eigenvalue weighted by atomic mass is 10.1. The molecule has 1 N–H and O–H groups in total. The first-order valence-corrected chi connectivity index (χ1v) is 11.7. The molecule has 0 aliphatic carbocycles. The Bertz CT molecular complexity index is 1160. The maximum absolute atomic E-state index is 13.3. The molecule has 0 spiro atoms. The summed E-state index contributed by atoms with van der Waals surface area (Å²) >= 11 is 8.66. The van der Waals surface area contributed by atoms with Gasteiger partial charge in [0.1, 0.15) is 5.57 Å². The average Bonchev–Trinajstić information content (AvgIpc) is 2.81. The van der Waals surface area contributed by atoms with Gasteiger partial charge in [0.2, 0.25) is 0 Å². The number of methoxy groups -OCH3 is 1. The van der Waals surface area contributed by atoms with Crippen LogP contribution in [0.25, 0.3) is 6.08 Å². The highest BCUT2D eigenvalue weighted by molar-refractivity contribution is 9.10. The van der Waals surface area contributed by atoms with Crippen LogP contribution in [0.3, 0.4) is 0 Å². The van der Waals surface area contributed by atoms with Gasteiger partial charge < -0.3 is 14.2 Å². The zero-order chi connectivity index (χ0) is 24.8. The number of hydrogen-bond acceptors (Lipinski definition) is 7. The predicted octanol–water partition coefficient (Wildman–Crippen LogP) is 3.79. The van der Waals surface area contributed by atoms with Crippen molar-refractivity contribution in [1.29, 1.82) is 0 Å². The molecule has 10 heteroatoms. The summed E-state index contributed by atoms with van der Waals surface area (Å²) in [5, 5.41) is 2.59. The lowest BCUT2D eigenvalue weighted by Gasteiger charge is -2.29. The number of benzene rings is 2. The Hall–Kier alpha value is -3.24. The zero-order valence-electron chi connectivity index (χ0n) is 18.8. The third-order valence-corrected chi connectivity index (χ3v) is 5.78. The number of nitrogens with zero attached hydrogens (tertiary/aromatic N) is 1. The van der Waals surface area contributed by atoms with E-state index in [2.05, 4.69) is 26.0 Å². The summed E-state index contributed by atoms with van der Waals surface area (Å²) in [6, 6.07) is 10.6. The molecular weight excluding hydrogens is 524 g/mol. The van der Waals surface area contributed by atoms with Gasteiger partial charge in [-0.3, -0.25) is 19.8 Å². The second-order valence-electron chi connectivity index (χ2n) is 7.11. The molecule has 0 unspecified atom stereocenters. The number of carbonyl (C=O) groups excluding carboxylic acids is 3. The van der Waals surface area contributed by atoms with Gasteiger partial charge in [0.15, 0.2) is 23.2 Å². The fourth-order valence-corrected chi connectivity index (χ4v) is 4.06. The van der Waals surface area contributed by atoms with Gasteiger partial charge in [-0.05, 0) is 83.0 Å². The topological polar surface area (TPSA) is 94.2 Å². The summed E-state index contributed by atoms with van der Waals surface area (Å²) in [6.07, 6.45) is 2.31. The number of anilines is 1. The number of aryl methyl sites for hydroxylation is 1. The second-order valence-corrected chi connectivity index (χ2v) is 8.35. The maximum Gasteiger partial charge on any atom is 0.343 e. The van der Waals surface area contributed by atoms with E-state index in [0.717, 1.165) is 12.0 Å². The Morgan fingerprint density at radius 2 is 1.85 bits per heavy atom. The summed E-state index contributed by atoms with van der Waals surface area (Å²) < 4.78 is 16.2. The van der Waals surface area contributed by atoms with Gasteiger partial charge in [0.25, 0.3) is 11.8 Å². The summed E-state index contributed by atoms with van der Waals surface area (Å²) in [6.45, 7) is 3.85. The van der Waals surface area contributed by atoms with Crippen LogP contribution >= 0.6 is 28.1 Å². The van der Waals surface area contributed by atoms with Crippen molar-refractivity contribution in [2.24, 2.45) is 0 Å². The molecule has 2 amide bonds. The Morgan fingerprint density at radius 1 is 1.15 bits per heavy atom. The number of esters is 1. The molecule has 34 heavy (non-hydrogen) atoms. The number of ether oxygens (including phenoxy) is 3. The Kier molecular flexibility index (Phi) is 8.41. The van der Waals surface area contributed by atoms with E-state index in [0.29, 0.717) is 33.8 Å². The highest BCUT2D eigenvalue weighted by Crippen LogP contribution is 2.38. The maximum atomic E-state index is 13.3. The largest absolute Gasteiger partial charge is 0.490 e. The number of hydrogen-bond donors (Lipinski definition) is 1. The number of rotatable bonds is 8. The summed E-state index contributed by atoms with van der Waals surface area (Å²) in [4.78, 5) is 38.7. The van der Waals surface area contributed by atoms with Crippen LogP contribution in [-0.2, 0) is 25.5 Å². The van der Waals surface area contributed by atoms with Crippen LogP contribution in [0.5, 0.6) is 11.5 Å². The molecule has 0 atom stereocenters. The third-order valence-electron chi connectivity index (χ3n) is 4.91. The first-order valence-electron chi connectivity index (χ1n) is 10.4. The van der Waals surface area contributed by atoms with Gasteiger partial charge in [-0.1, -0.05) is 19.1 Å². The molecule has 178 valence electrons. The van der Waals surface area contributed by atoms with Crippen LogP contribution in [0, 0.1) is 0 Å². The number of thiocarbonyl (C=S) groups is 1. The van der Waals surface area contributed by atoms with Crippen LogP contribution < -0.4 is 19.7 Å². The van der Waals surface area contributed by atoms with E-state index < -0.39 is 17.8 Å². The van der Waals surface area contributed by atoms with E-state index in [-0.39, 0.29) is 17.3 Å². The molecule has 8 nitrogen and oxygen atoms in total. The minimum atomic E-state index is -0.600. The van der Waals surface area contributed by atoms with Crippen LogP contribution in [0.15, 0.2) is 46.4 Å². The zero-order valence-corrected chi connectivity index (χ0v) is 21.2. The van der Waals surface area contributed by atoms with E-state index in [4.69, 9.17) is 21.7 Å². The molecule has 1 aliphatic heterocycles.